The summed E-state index contributed by atoms with van der Waals surface area (Å²) in [5.74, 6) is 0. The van der Waals surface area contributed by atoms with Crippen LogP contribution in [0.2, 0.25) is 0 Å². The van der Waals surface area contributed by atoms with Crippen LogP contribution in [0.1, 0.15) is 48.8 Å². The van der Waals surface area contributed by atoms with Gasteiger partial charge in [-0.25, -0.2) is 0 Å². The van der Waals surface area contributed by atoms with Crippen molar-refractivity contribution in [3.8, 4) is 0 Å². The summed E-state index contributed by atoms with van der Waals surface area (Å²) in [6, 6.07) is 0.377. The average Bonchev–Trinajstić information content (AvgIpc) is 3.00. The minimum Gasteiger partial charge on any atom is -0.313 e. The molecule has 5 heteroatoms. The highest BCUT2D eigenvalue weighted by molar-refractivity contribution is 5.28. The number of aromatic nitrogens is 4. The molecule has 0 radical (unpaired) electrons. The quantitative estimate of drug-likeness (QED) is 0.881. The molecule has 0 saturated heterocycles. The van der Waals surface area contributed by atoms with E-state index in [-0.39, 0.29) is 0 Å². The van der Waals surface area contributed by atoms with Gasteiger partial charge in [0, 0.05) is 35.6 Å². The number of aryl methyl sites for hydroxylation is 2. The van der Waals surface area contributed by atoms with E-state index in [0.717, 1.165) is 25.2 Å². The molecule has 1 unspecified atom stereocenters. The smallest absolute Gasteiger partial charge is 0.0693 e. The van der Waals surface area contributed by atoms with E-state index in [1.165, 1.54) is 16.8 Å². The topological polar surface area (TPSA) is 47.7 Å². The lowest BCUT2D eigenvalue weighted by Gasteiger charge is -2.14. The average molecular weight is 275 g/mol. The second kappa shape index (κ2) is 6.22. The molecule has 0 aliphatic carbocycles. The first-order valence-electron chi connectivity index (χ1n) is 7.33. The Morgan fingerprint density at radius 2 is 2.05 bits per heavy atom. The van der Waals surface area contributed by atoms with E-state index in [1.807, 2.05) is 17.9 Å². The normalized spacial score (nSPS) is 12.8. The van der Waals surface area contributed by atoms with Crippen LogP contribution in [0.15, 0.2) is 12.4 Å². The Morgan fingerprint density at radius 1 is 1.30 bits per heavy atom. The number of hydrogen-bond acceptors (Lipinski definition) is 3. The van der Waals surface area contributed by atoms with Crippen molar-refractivity contribution < 1.29 is 0 Å². The first-order valence-corrected chi connectivity index (χ1v) is 7.33. The predicted molar refractivity (Wildman–Crippen MR) is 80.8 cm³/mol. The first kappa shape index (κ1) is 14.8. The van der Waals surface area contributed by atoms with Crippen molar-refractivity contribution in [2.24, 2.45) is 0 Å². The summed E-state index contributed by atoms with van der Waals surface area (Å²) in [4.78, 5) is 0. The van der Waals surface area contributed by atoms with Gasteiger partial charge in [-0.05, 0) is 34.2 Å². The lowest BCUT2D eigenvalue weighted by molar-refractivity contribution is 0.568. The van der Waals surface area contributed by atoms with Crippen LogP contribution in [-0.2, 0) is 13.1 Å². The molecule has 0 aromatic carbocycles. The Kier molecular flexibility index (Phi) is 4.60. The minimum atomic E-state index is 0.377. The molecule has 0 aliphatic heterocycles. The molecule has 0 amide bonds. The van der Waals surface area contributed by atoms with Crippen LogP contribution in [0, 0.1) is 13.8 Å². The van der Waals surface area contributed by atoms with E-state index in [9.17, 15) is 0 Å². The van der Waals surface area contributed by atoms with E-state index >= 15 is 0 Å². The van der Waals surface area contributed by atoms with E-state index in [4.69, 9.17) is 5.10 Å². The van der Waals surface area contributed by atoms with E-state index in [2.05, 4.69) is 49.0 Å². The third-order valence-corrected chi connectivity index (χ3v) is 3.89. The second-order valence-electron chi connectivity index (χ2n) is 5.20. The molecule has 20 heavy (non-hydrogen) atoms. The molecule has 2 rings (SSSR count). The molecule has 0 spiro atoms. The number of nitrogens with zero attached hydrogens (tertiary/aromatic N) is 4. The molecule has 0 aliphatic rings. The van der Waals surface area contributed by atoms with Crippen LogP contribution in [-0.4, -0.2) is 26.6 Å². The zero-order valence-electron chi connectivity index (χ0n) is 13.1. The third kappa shape index (κ3) is 2.77. The van der Waals surface area contributed by atoms with Crippen LogP contribution in [0.4, 0.5) is 0 Å². The summed E-state index contributed by atoms with van der Waals surface area (Å²) >= 11 is 0. The van der Waals surface area contributed by atoms with Crippen LogP contribution in [0.3, 0.4) is 0 Å². The lowest BCUT2D eigenvalue weighted by Crippen LogP contribution is -2.17. The first-order chi connectivity index (χ1) is 9.60. The van der Waals surface area contributed by atoms with Crippen LogP contribution in [0.25, 0.3) is 0 Å². The van der Waals surface area contributed by atoms with Crippen molar-refractivity contribution in [1.82, 2.24) is 24.9 Å². The fourth-order valence-electron chi connectivity index (χ4n) is 2.76. The van der Waals surface area contributed by atoms with Crippen molar-refractivity contribution in [1.29, 1.82) is 0 Å². The molecule has 2 aromatic rings. The molecule has 110 valence electrons. The van der Waals surface area contributed by atoms with Gasteiger partial charge in [-0.2, -0.15) is 10.2 Å². The summed E-state index contributed by atoms with van der Waals surface area (Å²) in [7, 11) is 2.01. The SMILES string of the molecule is CCC(NC)c1c(C)nn(Cc2cnn(CC)c2)c1C. The Morgan fingerprint density at radius 3 is 2.60 bits per heavy atom. The van der Waals surface area contributed by atoms with Gasteiger partial charge in [0.2, 0.25) is 0 Å². The second-order valence-corrected chi connectivity index (χ2v) is 5.20. The van der Waals surface area contributed by atoms with E-state index < -0.39 is 0 Å². The van der Waals surface area contributed by atoms with Crippen molar-refractivity contribution in [2.75, 3.05) is 7.05 Å². The molecular formula is C15H25N5. The van der Waals surface area contributed by atoms with Gasteiger partial charge in [-0.1, -0.05) is 6.92 Å². The summed E-state index contributed by atoms with van der Waals surface area (Å²) < 4.78 is 4.03. The van der Waals surface area contributed by atoms with Gasteiger partial charge in [0.15, 0.2) is 0 Å². The lowest BCUT2D eigenvalue weighted by atomic mass is 10.0. The highest BCUT2D eigenvalue weighted by atomic mass is 15.3. The van der Waals surface area contributed by atoms with Gasteiger partial charge in [-0.3, -0.25) is 9.36 Å². The standard InChI is InChI=1S/C15H25N5/c1-6-14(16-5)15-11(3)18-20(12(15)4)10-13-8-17-19(7-2)9-13/h8-9,14,16H,6-7,10H2,1-5H3. The Bertz CT molecular complexity index is 563. The highest BCUT2D eigenvalue weighted by Gasteiger charge is 2.18. The maximum Gasteiger partial charge on any atom is 0.0693 e. The van der Waals surface area contributed by atoms with Crippen molar-refractivity contribution in [3.05, 3.63) is 34.9 Å². The molecule has 2 heterocycles. The molecule has 0 bridgehead atoms. The van der Waals surface area contributed by atoms with Crippen molar-refractivity contribution in [2.45, 2.75) is 53.2 Å². The molecular weight excluding hydrogens is 250 g/mol. The van der Waals surface area contributed by atoms with Crippen molar-refractivity contribution in [3.63, 3.8) is 0 Å². The zero-order valence-corrected chi connectivity index (χ0v) is 13.1. The monoisotopic (exact) mass is 275 g/mol. The van der Waals surface area contributed by atoms with Gasteiger partial charge < -0.3 is 5.32 Å². The van der Waals surface area contributed by atoms with Crippen LogP contribution < -0.4 is 5.32 Å². The molecule has 0 fully saturated rings. The fraction of sp³-hybridized carbons (Fsp3) is 0.600. The Balaban J connectivity index is 2.27. The van der Waals surface area contributed by atoms with E-state index in [1.54, 1.807) is 0 Å². The van der Waals surface area contributed by atoms with Crippen molar-refractivity contribution >= 4 is 0 Å². The molecule has 1 N–H and O–H groups in total. The molecule has 0 saturated carbocycles. The number of hydrogen-bond donors (Lipinski definition) is 1. The minimum absolute atomic E-state index is 0.377. The van der Waals surface area contributed by atoms with Gasteiger partial charge in [0.25, 0.3) is 0 Å². The number of rotatable bonds is 6. The summed E-state index contributed by atoms with van der Waals surface area (Å²) in [5.41, 5.74) is 4.89. The van der Waals surface area contributed by atoms with E-state index in [0.29, 0.717) is 6.04 Å². The summed E-state index contributed by atoms with van der Waals surface area (Å²) in [6.07, 6.45) is 5.08. The highest BCUT2D eigenvalue weighted by Crippen LogP contribution is 2.24. The van der Waals surface area contributed by atoms with Crippen LogP contribution >= 0.6 is 0 Å². The molecule has 5 nitrogen and oxygen atoms in total. The Hall–Kier alpha value is -1.62. The van der Waals surface area contributed by atoms with Gasteiger partial charge in [0.1, 0.15) is 0 Å². The maximum atomic E-state index is 4.70. The van der Waals surface area contributed by atoms with Gasteiger partial charge >= 0.3 is 0 Å². The third-order valence-electron chi connectivity index (χ3n) is 3.89. The molecule has 1 atom stereocenters. The zero-order chi connectivity index (χ0) is 14.7. The van der Waals surface area contributed by atoms with Crippen LogP contribution in [0.5, 0.6) is 0 Å². The predicted octanol–water partition coefficient (Wildman–Crippen LogP) is 2.44. The Labute approximate surface area is 121 Å². The fourth-order valence-corrected chi connectivity index (χ4v) is 2.76. The largest absolute Gasteiger partial charge is 0.313 e. The number of nitrogens with one attached hydrogen (secondary N) is 1. The molecule has 2 aromatic heterocycles. The van der Waals surface area contributed by atoms with Gasteiger partial charge in [0.05, 0.1) is 18.4 Å². The maximum absolute atomic E-state index is 4.70. The summed E-state index contributed by atoms with van der Waals surface area (Å²) in [6.45, 7) is 10.2. The van der Waals surface area contributed by atoms with Gasteiger partial charge in [-0.15, -0.1) is 0 Å². The summed E-state index contributed by atoms with van der Waals surface area (Å²) in [5, 5.41) is 12.4.